The molecule has 1 aliphatic heterocycles. The zero-order chi connectivity index (χ0) is 20.1. The smallest absolute Gasteiger partial charge is 0.198 e. The molecule has 4 aromatic rings. The summed E-state index contributed by atoms with van der Waals surface area (Å²) >= 11 is 0. The fourth-order valence-corrected chi connectivity index (χ4v) is 3.96. The van der Waals surface area contributed by atoms with Crippen molar-refractivity contribution in [3.05, 3.63) is 81.0 Å². The first-order valence-electron chi connectivity index (χ1n) is 9.56. The molecule has 146 valence electrons. The van der Waals surface area contributed by atoms with Crippen molar-refractivity contribution < 1.29 is 4.39 Å². The number of halogens is 1. The Balaban J connectivity index is 1.54. The zero-order valence-corrected chi connectivity index (χ0v) is 16.2. The van der Waals surface area contributed by atoms with Crippen LogP contribution in [0.5, 0.6) is 0 Å². The quantitative estimate of drug-likeness (QED) is 0.551. The van der Waals surface area contributed by atoms with Gasteiger partial charge in [0.2, 0.25) is 0 Å². The first kappa shape index (κ1) is 17.8. The van der Waals surface area contributed by atoms with Gasteiger partial charge in [-0.25, -0.2) is 14.1 Å². The fourth-order valence-electron chi connectivity index (χ4n) is 3.96. The molecule has 0 amide bonds. The van der Waals surface area contributed by atoms with E-state index in [2.05, 4.69) is 20.4 Å². The number of hydrogen-bond acceptors (Lipinski definition) is 4. The fraction of sp³-hybridized carbons (Fsp3) is 0.227. The molecule has 2 aromatic carbocycles. The average Bonchev–Trinajstić information content (AvgIpc) is 3.13. The van der Waals surface area contributed by atoms with Crippen LogP contribution in [0, 0.1) is 19.7 Å². The molecule has 2 N–H and O–H groups in total. The molecule has 0 fully saturated rings. The topological polar surface area (TPSA) is 75.6 Å². The number of aromatic nitrogens is 4. The summed E-state index contributed by atoms with van der Waals surface area (Å²) < 4.78 is 15.7. The first-order valence-corrected chi connectivity index (χ1v) is 9.56. The number of benzene rings is 2. The Morgan fingerprint density at radius 3 is 2.83 bits per heavy atom. The molecule has 6 nitrogen and oxygen atoms in total. The molecule has 0 aliphatic carbocycles. The number of nitrogens with zero attached hydrogens (tertiary/aromatic N) is 3. The summed E-state index contributed by atoms with van der Waals surface area (Å²) in [4.78, 5) is 20.7. The molecule has 0 radical (unpaired) electrons. The van der Waals surface area contributed by atoms with E-state index < -0.39 is 0 Å². The van der Waals surface area contributed by atoms with E-state index in [1.54, 1.807) is 13.0 Å². The highest BCUT2D eigenvalue weighted by Gasteiger charge is 2.24. The number of H-pyrrole nitrogens is 1. The maximum absolute atomic E-state index is 13.8. The van der Waals surface area contributed by atoms with Crippen LogP contribution < -0.4 is 10.7 Å². The summed E-state index contributed by atoms with van der Waals surface area (Å²) in [5, 5.41) is 8.71. The lowest BCUT2D eigenvalue weighted by Gasteiger charge is -2.24. The minimum Gasteiger partial charge on any atom is -0.351 e. The predicted molar refractivity (Wildman–Crippen MR) is 109 cm³/mol. The summed E-state index contributed by atoms with van der Waals surface area (Å²) in [5.74, 6) is 1.05. The maximum atomic E-state index is 13.8. The Morgan fingerprint density at radius 1 is 1.17 bits per heavy atom. The van der Waals surface area contributed by atoms with Crippen LogP contribution >= 0.6 is 0 Å². The van der Waals surface area contributed by atoms with E-state index in [0.29, 0.717) is 35.6 Å². The highest BCUT2D eigenvalue weighted by molar-refractivity contribution is 5.82. The van der Waals surface area contributed by atoms with E-state index in [1.165, 1.54) is 6.07 Å². The number of aryl methyl sites for hydroxylation is 1. The highest BCUT2D eigenvalue weighted by Crippen LogP contribution is 2.25. The van der Waals surface area contributed by atoms with E-state index in [9.17, 15) is 9.18 Å². The Labute approximate surface area is 166 Å². The van der Waals surface area contributed by atoms with Crippen molar-refractivity contribution in [1.29, 1.82) is 0 Å². The molecule has 0 saturated heterocycles. The lowest BCUT2D eigenvalue weighted by Crippen LogP contribution is -2.33. The van der Waals surface area contributed by atoms with Crippen molar-refractivity contribution in [2.24, 2.45) is 0 Å². The molecule has 0 spiro atoms. The average molecular weight is 389 g/mol. The van der Waals surface area contributed by atoms with E-state index in [4.69, 9.17) is 0 Å². The van der Waals surface area contributed by atoms with Crippen LogP contribution in [-0.4, -0.2) is 19.7 Å². The summed E-state index contributed by atoms with van der Waals surface area (Å²) in [5.41, 5.74) is 3.74. The molecule has 1 atom stereocenters. The second-order valence-electron chi connectivity index (χ2n) is 7.53. The monoisotopic (exact) mass is 389 g/mol. The number of rotatable bonds is 2. The van der Waals surface area contributed by atoms with Crippen molar-refractivity contribution in [3.8, 4) is 11.5 Å². The lowest BCUT2D eigenvalue weighted by molar-refractivity contribution is 0.371. The summed E-state index contributed by atoms with van der Waals surface area (Å²) in [6, 6.07) is 12.4. The molecule has 5 rings (SSSR count). The van der Waals surface area contributed by atoms with Crippen LogP contribution in [0.15, 0.2) is 47.3 Å². The SMILES string of the molecule is Cc1cc(F)cc(C2Cn3nc(-c4[nH]c5ccccc5c(=O)c4C)nc3CN2)c1. The second kappa shape index (κ2) is 6.63. The largest absolute Gasteiger partial charge is 0.351 e. The molecule has 2 aromatic heterocycles. The Morgan fingerprint density at radius 2 is 2.00 bits per heavy atom. The van der Waals surface area contributed by atoms with Gasteiger partial charge >= 0.3 is 0 Å². The van der Waals surface area contributed by atoms with Gasteiger partial charge in [0.05, 0.1) is 24.8 Å². The van der Waals surface area contributed by atoms with Gasteiger partial charge in [-0.3, -0.25) is 4.79 Å². The maximum Gasteiger partial charge on any atom is 0.198 e. The van der Waals surface area contributed by atoms with Gasteiger partial charge in [0.1, 0.15) is 11.6 Å². The van der Waals surface area contributed by atoms with Crippen LogP contribution in [-0.2, 0) is 13.1 Å². The minimum atomic E-state index is -0.240. The number of hydrogen-bond donors (Lipinski definition) is 2. The standard InChI is InChI=1S/C22H20FN5O/c1-12-7-14(9-15(23)8-12)18-11-28-19(10-24-18)26-22(27-28)20-13(2)21(29)16-5-3-4-6-17(16)25-20/h3-9,18,24H,10-11H2,1-2H3,(H,25,29). The van der Waals surface area contributed by atoms with Gasteiger partial charge in [-0.05, 0) is 49.2 Å². The summed E-state index contributed by atoms with van der Waals surface area (Å²) in [6.45, 7) is 4.73. The van der Waals surface area contributed by atoms with Gasteiger partial charge < -0.3 is 10.3 Å². The van der Waals surface area contributed by atoms with E-state index in [1.807, 2.05) is 41.9 Å². The molecule has 0 saturated carbocycles. The lowest BCUT2D eigenvalue weighted by atomic mass is 10.0. The third-order valence-corrected chi connectivity index (χ3v) is 5.45. The normalized spacial score (nSPS) is 16.2. The van der Waals surface area contributed by atoms with Gasteiger partial charge in [0, 0.05) is 16.5 Å². The zero-order valence-electron chi connectivity index (χ0n) is 16.2. The minimum absolute atomic E-state index is 0.0200. The van der Waals surface area contributed by atoms with Gasteiger partial charge in [-0.1, -0.05) is 18.2 Å². The van der Waals surface area contributed by atoms with Gasteiger partial charge in [-0.15, -0.1) is 5.10 Å². The van der Waals surface area contributed by atoms with Gasteiger partial charge in [-0.2, -0.15) is 0 Å². The van der Waals surface area contributed by atoms with Crippen LogP contribution in [0.3, 0.4) is 0 Å². The molecule has 0 bridgehead atoms. The van der Waals surface area contributed by atoms with E-state index in [-0.39, 0.29) is 17.3 Å². The Hall–Kier alpha value is -3.32. The van der Waals surface area contributed by atoms with Crippen molar-refractivity contribution in [3.63, 3.8) is 0 Å². The highest BCUT2D eigenvalue weighted by atomic mass is 19.1. The molecule has 29 heavy (non-hydrogen) atoms. The van der Waals surface area contributed by atoms with Crippen LogP contribution in [0.2, 0.25) is 0 Å². The number of aromatic amines is 1. The molecule has 3 heterocycles. The molecule has 1 unspecified atom stereocenters. The molecule has 7 heteroatoms. The molecular formula is C22H20FN5O. The number of pyridine rings is 1. The number of para-hydroxylation sites is 1. The van der Waals surface area contributed by atoms with Gasteiger partial charge in [0.25, 0.3) is 0 Å². The Bertz CT molecular complexity index is 1290. The van der Waals surface area contributed by atoms with Crippen molar-refractivity contribution in [1.82, 2.24) is 25.1 Å². The third-order valence-electron chi connectivity index (χ3n) is 5.45. The van der Waals surface area contributed by atoms with E-state index >= 15 is 0 Å². The summed E-state index contributed by atoms with van der Waals surface area (Å²) in [7, 11) is 0. The van der Waals surface area contributed by atoms with E-state index in [0.717, 1.165) is 22.5 Å². The first-order chi connectivity index (χ1) is 14.0. The van der Waals surface area contributed by atoms with Crippen LogP contribution in [0.25, 0.3) is 22.4 Å². The Kier molecular flexibility index (Phi) is 4.06. The number of fused-ring (bicyclic) bond motifs is 2. The van der Waals surface area contributed by atoms with Crippen molar-refractivity contribution >= 4 is 10.9 Å². The van der Waals surface area contributed by atoms with Crippen LogP contribution in [0.1, 0.15) is 28.6 Å². The van der Waals surface area contributed by atoms with Gasteiger partial charge in [0.15, 0.2) is 11.3 Å². The summed E-state index contributed by atoms with van der Waals surface area (Å²) in [6.07, 6.45) is 0. The van der Waals surface area contributed by atoms with Crippen LogP contribution in [0.4, 0.5) is 4.39 Å². The second-order valence-corrected chi connectivity index (χ2v) is 7.53. The molecular weight excluding hydrogens is 369 g/mol. The predicted octanol–water partition coefficient (Wildman–Crippen LogP) is 3.39. The van der Waals surface area contributed by atoms with Crippen molar-refractivity contribution in [2.45, 2.75) is 33.0 Å². The number of nitrogens with one attached hydrogen (secondary N) is 2. The van der Waals surface area contributed by atoms with Crippen molar-refractivity contribution in [2.75, 3.05) is 0 Å². The third kappa shape index (κ3) is 3.03. The molecule has 1 aliphatic rings.